The molecule has 1 amide bonds. The molecule has 24 heavy (non-hydrogen) atoms. The van der Waals surface area contributed by atoms with Crippen LogP contribution < -0.4 is 10.9 Å². The molecule has 7 nitrogen and oxygen atoms in total. The van der Waals surface area contributed by atoms with E-state index in [0.717, 1.165) is 6.42 Å². The molecule has 0 bridgehead atoms. The molecule has 3 rings (SSSR count). The lowest BCUT2D eigenvalue weighted by Gasteiger charge is -2.09. The zero-order chi connectivity index (χ0) is 17.1. The first-order chi connectivity index (χ1) is 11.6. The second-order valence-electron chi connectivity index (χ2n) is 5.39. The number of hydrogen-bond acceptors (Lipinski definition) is 6. The lowest BCUT2D eigenvalue weighted by molar-refractivity contribution is -0.121. The smallest absolute Gasteiger partial charge is 0.267 e. The molecule has 0 aliphatic carbocycles. The number of aromatic nitrogens is 3. The molecule has 0 atom stereocenters. The standard InChI is InChI=1S/C16H18N4O3S/c1-3-12-14-15(23-19-12)18-10(2)20(16(14)22)9-13(21)17-7-6-11-5-4-8-24-11/h4-5,8H,3,6-7,9H2,1-2H3,(H,17,21). The first-order valence-electron chi connectivity index (χ1n) is 7.75. The average molecular weight is 346 g/mol. The van der Waals surface area contributed by atoms with Crippen LogP contribution in [0.4, 0.5) is 0 Å². The highest BCUT2D eigenvalue weighted by atomic mass is 32.1. The van der Waals surface area contributed by atoms with Gasteiger partial charge < -0.3 is 9.84 Å². The highest BCUT2D eigenvalue weighted by Gasteiger charge is 2.17. The number of aryl methyl sites for hydroxylation is 2. The summed E-state index contributed by atoms with van der Waals surface area (Å²) in [5, 5.41) is 9.06. The Morgan fingerprint density at radius 1 is 1.46 bits per heavy atom. The Hall–Kier alpha value is -2.48. The van der Waals surface area contributed by atoms with Crippen molar-refractivity contribution >= 4 is 28.3 Å². The van der Waals surface area contributed by atoms with Crippen LogP contribution in [0.2, 0.25) is 0 Å². The third-order valence-electron chi connectivity index (χ3n) is 3.77. The number of carbonyl (C=O) groups excluding carboxylic acids is 1. The zero-order valence-corrected chi connectivity index (χ0v) is 14.4. The zero-order valence-electron chi connectivity index (χ0n) is 13.5. The summed E-state index contributed by atoms with van der Waals surface area (Å²) in [5.74, 6) is 0.215. The first-order valence-corrected chi connectivity index (χ1v) is 8.63. The molecule has 3 aromatic heterocycles. The van der Waals surface area contributed by atoms with Gasteiger partial charge in [-0.1, -0.05) is 18.1 Å². The maximum absolute atomic E-state index is 12.6. The molecule has 0 saturated carbocycles. The van der Waals surface area contributed by atoms with E-state index in [1.54, 1.807) is 18.3 Å². The average Bonchev–Trinajstić information content (AvgIpc) is 3.20. The van der Waals surface area contributed by atoms with Crippen molar-refractivity contribution in [3.63, 3.8) is 0 Å². The normalized spacial score (nSPS) is 11.1. The van der Waals surface area contributed by atoms with Crippen LogP contribution in [0.3, 0.4) is 0 Å². The Balaban J connectivity index is 1.74. The van der Waals surface area contributed by atoms with Gasteiger partial charge in [0.2, 0.25) is 5.91 Å². The summed E-state index contributed by atoms with van der Waals surface area (Å²) in [6.45, 7) is 4.04. The van der Waals surface area contributed by atoms with Crippen LogP contribution in [0.1, 0.15) is 23.3 Å². The second kappa shape index (κ2) is 6.96. The number of carbonyl (C=O) groups is 1. The number of nitrogens with one attached hydrogen (secondary N) is 1. The minimum absolute atomic E-state index is 0.0631. The summed E-state index contributed by atoms with van der Waals surface area (Å²) in [5.41, 5.74) is 0.502. The molecule has 0 unspecified atom stereocenters. The summed E-state index contributed by atoms with van der Waals surface area (Å²) < 4.78 is 6.45. The first kappa shape index (κ1) is 16.4. The Kier molecular flexibility index (Phi) is 4.75. The summed E-state index contributed by atoms with van der Waals surface area (Å²) in [4.78, 5) is 30.2. The largest absolute Gasteiger partial charge is 0.354 e. The maximum Gasteiger partial charge on any atom is 0.267 e. The van der Waals surface area contributed by atoms with Gasteiger partial charge in [0.05, 0.1) is 5.69 Å². The number of rotatable bonds is 6. The van der Waals surface area contributed by atoms with Gasteiger partial charge in [-0.05, 0) is 31.2 Å². The molecule has 3 heterocycles. The van der Waals surface area contributed by atoms with Crippen molar-refractivity contribution in [3.8, 4) is 0 Å². The molecule has 0 saturated heterocycles. The number of amides is 1. The van der Waals surface area contributed by atoms with Gasteiger partial charge in [-0.3, -0.25) is 14.2 Å². The van der Waals surface area contributed by atoms with Gasteiger partial charge in [-0.15, -0.1) is 11.3 Å². The van der Waals surface area contributed by atoms with Crippen LogP contribution in [-0.2, 0) is 24.2 Å². The van der Waals surface area contributed by atoms with Crippen molar-refractivity contribution in [1.82, 2.24) is 20.0 Å². The number of thiophene rings is 1. The quantitative estimate of drug-likeness (QED) is 0.733. The van der Waals surface area contributed by atoms with Crippen molar-refractivity contribution in [2.75, 3.05) is 6.54 Å². The lowest BCUT2D eigenvalue weighted by Crippen LogP contribution is -2.34. The second-order valence-corrected chi connectivity index (χ2v) is 6.42. The highest BCUT2D eigenvalue weighted by molar-refractivity contribution is 7.09. The summed E-state index contributed by atoms with van der Waals surface area (Å²) >= 11 is 1.66. The van der Waals surface area contributed by atoms with Crippen LogP contribution in [0.25, 0.3) is 11.1 Å². The number of hydrogen-bond donors (Lipinski definition) is 1. The lowest BCUT2D eigenvalue weighted by atomic mass is 10.2. The van der Waals surface area contributed by atoms with Crippen molar-refractivity contribution in [3.05, 3.63) is 44.3 Å². The van der Waals surface area contributed by atoms with Gasteiger partial charge in [0.1, 0.15) is 17.8 Å². The van der Waals surface area contributed by atoms with E-state index in [0.29, 0.717) is 29.9 Å². The molecule has 3 aromatic rings. The molecule has 8 heteroatoms. The van der Waals surface area contributed by atoms with E-state index in [1.807, 2.05) is 24.4 Å². The van der Waals surface area contributed by atoms with Crippen molar-refractivity contribution in [2.45, 2.75) is 33.2 Å². The van der Waals surface area contributed by atoms with E-state index in [4.69, 9.17) is 4.52 Å². The Morgan fingerprint density at radius 3 is 3.00 bits per heavy atom. The monoisotopic (exact) mass is 346 g/mol. The van der Waals surface area contributed by atoms with Crippen molar-refractivity contribution in [1.29, 1.82) is 0 Å². The third-order valence-corrected chi connectivity index (χ3v) is 4.70. The number of fused-ring (bicyclic) bond motifs is 1. The molecule has 0 aromatic carbocycles. The van der Waals surface area contributed by atoms with E-state index < -0.39 is 0 Å². The Bertz CT molecular complexity index is 911. The fourth-order valence-electron chi connectivity index (χ4n) is 2.50. The molecule has 0 radical (unpaired) electrons. The highest BCUT2D eigenvalue weighted by Crippen LogP contribution is 2.13. The summed E-state index contributed by atoms with van der Waals surface area (Å²) in [6, 6.07) is 4.01. The van der Waals surface area contributed by atoms with Crippen LogP contribution in [0.5, 0.6) is 0 Å². The predicted octanol–water partition coefficient (Wildman–Crippen LogP) is 1.68. The van der Waals surface area contributed by atoms with E-state index in [-0.39, 0.29) is 23.7 Å². The van der Waals surface area contributed by atoms with E-state index in [1.165, 1.54) is 9.44 Å². The van der Waals surface area contributed by atoms with Gasteiger partial charge in [0.25, 0.3) is 11.3 Å². The van der Waals surface area contributed by atoms with Crippen molar-refractivity contribution in [2.24, 2.45) is 0 Å². The summed E-state index contributed by atoms with van der Waals surface area (Å²) in [7, 11) is 0. The van der Waals surface area contributed by atoms with Crippen LogP contribution in [0.15, 0.2) is 26.8 Å². The molecular formula is C16H18N4O3S. The third kappa shape index (κ3) is 3.23. The van der Waals surface area contributed by atoms with Gasteiger partial charge in [0, 0.05) is 11.4 Å². The molecule has 0 fully saturated rings. The van der Waals surface area contributed by atoms with Gasteiger partial charge in [-0.2, -0.15) is 4.98 Å². The van der Waals surface area contributed by atoms with Gasteiger partial charge >= 0.3 is 0 Å². The van der Waals surface area contributed by atoms with Gasteiger partial charge in [-0.25, -0.2) is 0 Å². The molecule has 1 N–H and O–H groups in total. The topological polar surface area (TPSA) is 90.0 Å². The molecule has 126 valence electrons. The minimum atomic E-state index is -0.288. The SMILES string of the molecule is CCc1noc2nc(C)n(CC(=O)NCCc3cccs3)c(=O)c12. The maximum atomic E-state index is 12.6. The van der Waals surface area contributed by atoms with E-state index >= 15 is 0 Å². The summed E-state index contributed by atoms with van der Waals surface area (Å²) in [6.07, 6.45) is 1.35. The van der Waals surface area contributed by atoms with Gasteiger partial charge in [0.15, 0.2) is 0 Å². The minimum Gasteiger partial charge on any atom is -0.354 e. The Morgan fingerprint density at radius 2 is 2.29 bits per heavy atom. The van der Waals surface area contributed by atoms with E-state index in [9.17, 15) is 9.59 Å². The molecule has 0 aliphatic heterocycles. The number of nitrogens with zero attached hydrogens (tertiary/aromatic N) is 3. The fourth-order valence-corrected chi connectivity index (χ4v) is 3.21. The Labute approximate surface area is 142 Å². The van der Waals surface area contributed by atoms with Crippen LogP contribution in [0, 0.1) is 6.92 Å². The van der Waals surface area contributed by atoms with Crippen molar-refractivity contribution < 1.29 is 9.32 Å². The fraction of sp³-hybridized carbons (Fsp3) is 0.375. The molecular weight excluding hydrogens is 328 g/mol. The van der Waals surface area contributed by atoms with Crippen LogP contribution in [-0.4, -0.2) is 27.2 Å². The predicted molar refractivity (Wildman–Crippen MR) is 91.2 cm³/mol. The van der Waals surface area contributed by atoms with Crippen LogP contribution >= 0.6 is 11.3 Å². The van der Waals surface area contributed by atoms with E-state index in [2.05, 4.69) is 15.5 Å². The molecule has 0 spiro atoms. The molecule has 0 aliphatic rings.